The Morgan fingerprint density at radius 2 is 0.600 bits per heavy atom. The summed E-state index contributed by atoms with van der Waals surface area (Å²) in [5, 5.41) is 78.8. The summed E-state index contributed by atoms with van der Waals surface area (Å²) in [6, 6.07) is 23.3. The van der Waals surface area contributed by atoms with Crippen molar-refractivity contribution in [2.24, 2.45) is 76.9 Å². The van der Waals surface area contributed by atoms with Gasteiger partial charge in [0.2, 0.25) is 0 Å². The number of aliphatic hydroxyl groups excluding tert-OH is 4. The number of fused-ring (bicyclic) bond motifs is 8. The monoisotopic (exact) mass is 1670 g/mol. The molecule has 20 atom stereocenters. The molecule has 4 fully saturated rings. The third-order valence-corrected chi connectivity index (χ3v) is 27.0. The molecule has 0 aliphatic heterocycles. The second kappa shape index (κ2) is 46.8. The molecule has 0 heterocycles. The number of hydrogen-bond donors (Lipinski definition) is 8. The van der Waals surface area contributed by atoms with Crippen LogP contribution in [0.3, 0.4) is 0 Å². The summed E-state index contributed by atoms with van der Waals surface area (Å²) in [6.45, 7) is 16.4. The predicted octanol–water partition coefficient (Wildman–Crippen LogP) is 14.9. The number of ether oxygens (including phenoxy) is 8. The van der Waals surface area contributed by atoms with E-state index in [0.717, 1.165) is 189 Å². The molecular formula is C96H136O24. The van der Waals surface area contributed by atoms with E-state index in [1.165, 1.54) is 22.3 Å². The zero-order valence-electron chi connectivity index (χ0n) is 72.2. The van der Waals surface area contributed by atoms with Gasteiger partial charge in [0, 0.05) is 25.7 Å². The van der Waals surface area contributed by atoms with Gasteiger partial charge in [0.25, 0.3) is 0 Å². The van der Waals surface area contributed by atoms with Crippen LogP contribution >= 0.6 is 0 Å². The summed E-state index contributed by atoms with van der Waals surface area (Å²) in [4.78, 5) is 90.8. The van der Waals surface area contributed by atoms with Crippen LogP contribution in [0.2, 0.25) is 0 Å². The standard InChI is InChI=1S/2C25H36O6.2C23H32O6/c1-4-18(31-25(29)10-15(2)3)8-9-19-20-11-16-6-5-7-23(30-14-24(27)28)21(16)12-17(20)13-22(19)26;1-3-5-9-25(29)31-18(4-2)10-11-19-20-12-16-7-6-8-23(30-15-24(27)28)21(16)13-17(20)14-22(19)26;2*1-3-16(29-23(27)4-2)8-9-17-18-10-14-6-5-7-21(28-13-22(25)26)19(14)11-15(18)12-20(17)24/h5-7,15,17-20,22,26H,4,8-14H2,1-3H3,(H,27,28);6-8,17-20,22,26H,3-5,9-15H2,1-2H3,(H,27,28);2*5-7,15-18,20,24H,3-4,8-13H2,1-2H3,(H,25,26)/t2*17-,18-,19+,20-,22+;2*15-,16-,17+,18-,20+/m0000/s1. The Bertz CT molecular complexity index is 3880. The van der Waals surface area contributed by atoms with Gasteiger partial charge in [-0.2, -0.15) is 0 Å². The van der Waals surface area contributed by atoms with E-state index < -0.39 is 23.9 Å². The molecule has 0 unspecified atom stereocenters. The summed E-state index contributed by atoms with van der Waals surface area (Å²) in [7, 11) is 0. The van der Waals surface area contributed by atoms with E-state index in [0.29, 0.717) is 96.0 Å². The first-order chi connectivity index (χ1) is 57.5. The average molecular weight is 1670 g/mol. The molecule has 120 heavy (non-hydrogen) atoms. The molecule has 0 amide bonds. The highest BCUT2D eigenvalue weighted by Gasteiger charge is 2.50. The lowest BCUT2D eigenvalue weighted by Crippen LogP contribution is -2.28. The van der Waals surface area contributed by atoms with Crippen LogP contribution in [-0.2, 0) is 109 Å². The van der Waals surface area contributed by atoms with Crippen molar-refractivity contribution in [3.8, 4) is 23.0 Å². The number of esters is 4. The summed E-state index contributed by atoms with van der Waals surface area (Å²) < 4.78 is 44.4. The molecule has 0 spiro atoms. The number of carboxylic acid groups (broad SMARTS) is 4. The number of carbonyl (C=O) groups excluding carboxylic acids is 4. The highest BCUT2D eigenvalue weighted by atomic mass is 16.6. The van der Waals surface area contributed by atoms with Gasteiger partial charge >= 0.3 is 47.8 Å². The van der Waals surface area contributed by atoms with E-state index in [1.54, 1.807) is 13.8 Å². The van der Waals surface area contributed by atoms with Crippen molar-refractivity contribution >= 4 is 47.8 Å². The molecule has 0 aromatic heterocycles. The van der Waals surface area contributed by atoms with Crippen LogP contribution in [0.4, 0.5) is 0 Å². The van der Waals surface area contributed by atoms with E-state index in [-0.39, 0.29) is 129 Å². The molecule has 4 saturated carbocycles. The fourth-order valence-corrected chi connectivity index (χ4v) is 20.9. The summed E-state index contributed by atoms with van der Waals surface area (Å²) in [5.41, 5.74) is 9.13. The minimum absolute atomic E-state index is 0.0810. The molecule has 0 saturated heterocycles. The first-order valence-electron chi connectivity index (χ1n) is 44.9. The maximum absolute atomic E-state index is 12.1. The van der Waals surface area contributed by atoms with Gasteiger partial charge in [-0.05, 0) is 306 Å². The lowest BCUT2D eigenvalue weighted by Gasteiger charge is -2.32. The number of carbonyl (C=O) groups is 8. The fourth-order valence-electron chi connectivity index (χ4n) is 20.9. The van der Waals surface area contributed by atoms with Gasteiger partial charge in [-0.25, -0.2) is 19.2 Å². The van der Waals surface area contributed by atoms with Gasteiger partial charge < -0.3 is 78.7 Å². The van der Waals surface area contributed by atoms with Gasteiger partial charge in [0.05, 0.1) is 24.4 Å². The zero-order chi connectivity index (χ0) is 86.9. The van der Waals surface area contributed by atoms with Crippen molar-refractivity contribution in [2.75, 3.05) is 26.4 Å². The Balaban J connectivity index is 0.000000182. The van der Waals surface area contributed by atoms with E-state index in [2.05, 4.69) is 31.2 Å². The first-order valence-corrected chi connectivity index (χ1v) is 44.9. The maximum atomic E-state index is 12.1. The molecule has 8 N–H and O–H groups in total. The SMILES string of the molecule is CCC(=O)O[C@@H](CC)CC[C@@H]1[C@H]2Cc3cccc(OCC(=O)O)c3C[C@H]2C[C@H]1O.CCC(=O)O[C@@H](CC)CC[C@@H]1[C@H]2Cc3cccc(OCC(=O)O)c3C[C@H]2C[C@H]1O.CCCCC(=O)O[C@@H](CC)CC[C@@H]1[C@H]2Cc3cccc(OCC(=O)O)c3C[C@H]2C[C@H]1O.CC[C@@H](CC[C@@H]1[C@H]2Cc3cccc(OCC(=O)O)c3C[C@H]2C[C@H]1O)OC(=O)CC(C)C. The highest BCUT2D eigenvalue weighted by Crippen LogP contribution is 2.53. The van der Waals surface area contributed by atoms with Crippen LogP contribution < -0.4 is 18.9 Å². The number of unbranched alkanes of at least 4 members (excludes halogenated alkanes) is 1. The predicted molar refractivity (Wildman–Crippen MR) is 449 cm³/mol. The van der Waals surface area contributed by atoms with Crippen LogP contribution in [0, 0.1) is 76.9 Å². The molecule has 12 rings (SSSR count). The first kappa shape index (κ1) is 95.5. The number of aliphatic carboxylic acids is 4. The third kappa shape index (κ3) is 26.8. The molecule has 24 heteroatoms. The summed E-state index contributed by atoms with van der Waals surface area (Å²) >= 11 is 0. The Labute approximate surface area is 708 Å². The number of hydrogen-bond acceptors (Lipinski definition) is 20. The molecule has 4 aromatic carbocycles. The van der Waals surface area contributed by atoms with E-state index in [4.69, 9.17) is 58.3 Å². The Morgan fingerprint density at radius 1 is 0.350 bits per heavy atom. The van der Waals surface area contributed by atoms with Gasteiger partial charge in [0.15, 0.2) is 26.4 Å². The third-order valence-electron chi connectivity index (χ3n) is 27.0. The van der Waals surface area contributed by atoms with Crippen LogP contribution in [0.15, 0.2) is 72.8 Å². The number of aliphatic hydroxyl groups is 4. The molecule has 4 aromatic rings. The lowest BCUT2D eigenvalue weighted by molar-refractivity contribution is -0.151. The van der Waals surface area contributed by atoms with Gasteiger partial charge in [-0.3, -0.25) is 19.2 Å². The number of rotatable bonds is 39. The molecular weight excluding hydrogens is 1540 g/mol. The van der Waals surface area contributed by atoms with Crippen molar-refractivity contribution in [1.82, 2.24) is 0 Å². The second-order valence-electron chi connectivity index (χ2n) is 35.3. The van der Waals surface area contributed by atoms with E-state index in [1.807, 2.05) is 90.1 Å². The summed E-state index contributed by atoms with van der Waals surface area (Å²) in [6.07, 6.45) is 21.2. The quantitative estimate of drug-likeness (QED) is 0.0152. The van der Waals surface area contributed by atoms with Crippen LogP contribution in [0.25, 0.3) is 0 Å². The van der Waals surface area contributed by atoms with Crippen molar-refractivity contribution in [2.45, 2.75) is 304 Å². The average Bonchev–Trinajstić information content (AvgIpc) is 1.61. The van der Waals surface area contributed by atoms with Gasteiger partial charge in [0.1, 0.15) is 47.4 Å². The van der Waals surface area contributed by atoms with Crippen molar-refractivity contribution in [3.63, 3.8) is 0 Å². The van der Waals surface area contributed by atoms with Crippen molar-refractivity contribution < 1.29 is 117 Å². The highest BCUT2D eigenvalue weighted by molar-refractivity contribution is 5.72. The molecule has 0 bridgehead atoms. The maximum Gasteiger partial charge on any atom is 0.341 e. The fraction of sp³-hybridized carbons (Fsp3) is 0.667. The molecule has 8 aliphatic carbocycles. The van der Waals surface area contributed by atoms with Crippen LogP contribution in [0.5, 0.6) is 23.0 Å². The van der Waals surface area contributed by atoms with E-state index in [9.17, 15) is 58.8 Å². The molecule has 8 aliphatic rings. The molecule has 664 valence electrons. The van der Waals surface area contributed by atoms with E-state index >= 15 is 0 Å². The lowest BCUT2D eigenvalue weighted by atomic mass is 9.73. The topological polar surface area (TPSA) is 372 Å². The Hall–Kier alpha value is -8.32. The van der Waals surface area contributed by atoms with Crippen LogP contribution in [0.1, 0.15) is 248 Å². The number of carboxylic acids is 4. The normalized spacial score (nSPS) is 25.9. The Kier molecular flexibility index (Phi) is 37.2. The smallest absolute Gasteiger partial charge is 0.341 e. The largest absolute Gasteiger partial charge is 0.482 e. The summed E-state index contributed by atoms with van der Waals surface area (Å²) in [5.74, 6) is 2.23. The van der Waals surface area contributed by atoms with Crippen LogP contribution in [-0.4, -0.2) is 164 Å². The molecule has 0 radical (unpaired) electrons. The number of benzene rings is 4. The second-order valence-corrected chi connectivity index (χ2v) is 35.3. The van der Waals surface area contributed by atoms with Crippen molar-refractivity contribution in [3.05, 3.63) is 117 Å². The minimum Gasteiger partial charge on any atom is -0.482 e. The van der Waals surface area contributed by atoms with Gasteiger partial charge in [-0.1, -0.05) is 117 Å². The van der Waals surface area contributed by atoms with Crippen molar-refractivity contribution in [1.29, 1.82) is 0 Å². The molecule has 24 nitrogen and oxygen atoms in total. The zero-order valence-corrected chi connectivity index (χ0v) is 72.2. The Morgan fingerprint density at radius 3 is 0.825 bits per heavy atom. The van der Waals surface area contributed by atoms with Gasteiger partial charge in [-0.15, -0.1) is 0 Å². The minimum atomic E-state index is -0.984.